The minimum Gasteiger partial charge on any atom is -0.226 e. The maximum absolute atomic E-state index is 5.83. The smallest absolute Gasteiger partial charge is 0.184 e. The van der Waals surface area contributed by atoms with E-state index in [1.54, 1.807) is 6.92 Å². The highest BCUT2D eigenvalue weighted by molar-refractivity contribution is 6.41. The second kappa shape index (κ2) is 3.46. The molecule has 4 nitrogen and oxygen atoms in total. The first-order valence-electron chi connectivity index (χ1n) is 3.61. The summed E-state index contributed by atoms with van der Waals surface area (Å²) in [5.74, 6) is 0.509. The molecule has 0 bridgehead atoms. The third-order valence-electron chi connectivity index (χ3n) is 1.52. The van der Waals surface area contributed by atoms with Gasteiger partial charge in [-0.1, -0.05) is 34.8 Å². The van der Waals surface area contributed by atoms with Crippen molar-refractivity contribution in [1.29, 1.82) is 0 Å². The van der Waals surface area contributed by atoms with Gasteiger partial charge in [-0.2, -0.15) is 0 Å². The zero-order valence-electron chi connectivity index (χ0n) is 6.92. The Bertz CT molecular complexity index is 514. The lowest BCUT2D eigenvalue weighted by Gasteiger charge is -2.00. The van der Waals surface area contributed by atoms with Gasteiger partial charge in [0.05, 0.1) is 0 Å². The molecule has 7 heteroatoms. The van der Waals surface area contributed by atoms with Crippen molar-refractivity contribution in [2.24, 2.45) is 0 Å². The summed E-state index contributed by atoms with van der Waals surface area (Å²) in [5, 5.41) is 0.417. The Kier molecular flexibility index (Phi) is 2.43. The Morgan fingerprint density at radius 2 is 1.43 bits per heavy atom. The second-order valence-electron chi connectivity index (χ2n) is 2.54. The molecule has 0 spiro atoms. The van der Waals surface area contributed by atoms with E-state index in [1.165, 1.54) is 0 Å². The highest BCUT2D eigenvalue weighted by Gasteiger charge is 2.10. The van der Waals surface area contributed by atoms with Gasteiger partial charge in [0.2, 0.25) is 0 Å². The van der Waals surface area contributed by atoms with E-state index >= 15 is 0 Å². The molecule has 0 saturated carbocycles. The number of fused-ring (bicyclic) bond motifs is 1. The van der Waals surface area contributed by atoms with Crippen LogP contribution in [0.2, 0.25) is 15.5 Å². The largest absolute Gasteiger partial charge is 0.226 e. The predicted molar refractivity (Wildman–Crippen MR) is 54.9 cm³/mol. The number of halogens is 3. The maximum Gasteiger partial charge on any atom is 0.184 e. The van der Waals surface area contributed by atoms with Gasteiger partial charge >= 0.3 is 0 Å². The van der Waals surface area contributed by atoms with E-state index in [4.69, 9.17) is 34.8 Å². The van der Waals surface area contributed by atoms with E-state index in [0.29, 0.717) is 17.0 Å². The number of nitrogens with zero attached hydrogens (tertiary/aromatic N) is 4. The van der Waals surface area contributed by atoms with E-state index in [1.807, 2.05) is 0 Å². The third-order valence-corrected chi connectivity index (χ3v) is 2.41. The molecule has 0 aliphatic rings. The zero-order valence-corrected chi connectivity index (χ0v) is 9.19. The quantitative estimate of drug-likeness (QED) is 0.674. The summed E-state index contributed by atoms with van der Waals surface area (Å²) in [4.78, 5) is 15.8. The van der Waals surface area contributed by atoms with E-state index in [0.717, 1.165) is 0 Å². The van der Waals surface area contributed by atoms with Crippen LogP contribution in [0.4, 0.5) is 0 Å². The van der Waals surface area contributed by atoms with Crippen molar-refractivity contribution in [1.82, 2.24) is 19.9 Å². The summed E-state index contributed by atoms with van der Waals surface area (Å²) in [7, 11) is 0. The number of hydrogen-bond acceptors (Lipinski definition) is 4. The summed E-state index contributed by atoms with van der Waals surface area (Å²) < 4.78 is 0. The van der Waals surface area contributed by atoms with Crippen LogP contribution in [-0.2, 0) is 0 Å². The van der Waals surface area contributed by atoms with Crippen molar-refractivity contribution in [3.8, 4) is 0 Å². The topological polar surface area (TPSA) is 51.6 Å². The van der Waals surface area contributed by atoms with E-state index < -0.39 is 0 Å². The fourth-order valence-electron chi connectivity index (χ4n) is 0.976. The van der Waals surface area contributed by atoms with Gasteiger partial charge in [0.25, 0.3) is 0 Å². The van der Waals surface area contributed by atoms with Crippen LogP contribution in [0, 0.1) is 6.92 Å². The van der Waals surface area contributed by atoms with Crippen molar-refractivity contribution in [2.45, 2.75) is 6.92 Å². The minimum atomic E-state index is 0.0912. The molecule has 0 saturated heterocycles. The van der Waals surface area contributed by atoms with Crippen molar-refractivity contribution in [3.05, 3.63) is 21.3 Å². The van der Waals surface area contributed by atoms with Crippen molar-refractivity contribution < 1.29 is 0 Å². The first-order chi connectivity index (χ1) is 6.58. The first-order valence-corrected chi connectivity index (χ1v) is 4.74. The standard InChI is InChI=1S/C7H3Cl3N4/c1-2-11-4(8)3-7(12-2)14-6(10)5(9)13-3/h1H3. The van der Waals surface area contributed by atoms with Crippen LogP contribution >= 0.6 is 34.8 Å². The van der Waals surface area contributed by atoms with Gasteiger partial charge in [-0.25, -0.2) is 19.9 Å². The third kappa shape index (κ3) is 1.61. The van der Waals surface area contributed by atoms with E-state index in [2.05, 4.69) is 19.9 Å². The number of hydrogen-bond donors (Lipinski definition) is 0. The molecule has 0 unspecified atom stereocenters. The van der Waals surface area contributed by atoms with Gasteiger partial charge in [0.1, 0.15) is 11.3 Å². The fraction of sp³-hybridized carbons (Fsp3) is 0.143. The molecule has 0 radical (unpaired) electrons. The van der Waals surface area contributed by atoms with E-state index in [-0.39, 0.29) is 15.5 Å². The average Bonchev–Trinajstić information content (AvgIpc) is 2.08. The number of rotatable bonds is 0. The molecule has 0 N–H and O–H groups in total. The average molecular weight is 249 g/mol. The van der Waals surface area contributed by atoms with Gasteiger partial charge in [-0.05, 0) is 6.92 Å². The van der Waals surface area contributed by atoms with Crippen molar-refractivity contribution in [2.75, 3.05) is 0 Å². The lowest BCUT2D eigenvalue weighted by molar-refractivity contribution is 1.06. The normalized spacial score (nSPS) is 10.9. The Hall–Kier alpha value is -0.710. The molecule has 0 aliphatic heterocycles. The lowest BCUT2D eigenvalue weighted by atomic mass is 10.5. The summed E-state index contributed by atoms with van der Waals surface area (Å²) in [6.45, 7) is 1.70. The number of aromatic nitrogens is 4. The molecular weight excluding hydrogens is 246 g/mol. The summed E-state index contributed by atoms with van der Waals surface area (Å²) in [6, 6.07) is 0. The maximum atomic E-state index is 5.83. The molecule has 0 amide bonds. The van der Waals surface area contributed by atoms with Crippen LogP contribution < -0.4 is 0 Å². The van der Waals surface area contributed by atoms with Crippen LogP contribution in [-0.4, -0.2) is 19.9 Å². The molecule has 0 atom stereocenters. The molecule has 0 fully saturated rings. The Morgan fingerprint density at radius 3 is 2.14 bits per heavy atom. The van der Waals surface area contributed by atoms with Gasteiger partial charge in [0.15, 0.2) is 21.1 Å². The fourth-order valence-corrected chi connectivity index (χ4v) is 1.47. The molecule has 2 rings (SSSR count). The number of aryl methyl sites for hydroxylation is 1. The Morgan fingerprint density at radius 1 is 0.786 bits per heavy atom. The Balaban J connectivity index is 2.89. The highest BCUT2D eigenvalue weighted by Crippen LogP contribution is 2.23. The van der Waals surface area contributed by atoms with Gasteiger partial charge < -0.3 is 0 Å². The van der Waals surface area contributed by atoms with Crippen LogP contribution in [0.15, 0.2) is 0 Å². The molecule has 14 heavy (non-hydrogen) atoms. The van der Waals surface area contributed by atoms with Crippen LogP contribution in [0.1, 0.15) is 5.82 Å². The summed E-state index contributed by atoms with van der Waals surface area (Å²) >= 11 is 17.2. The van der Waals surface area contributed by atoms with Gasteiger partial charge in [-0.15, -0.1) is 0 Å². The molecule has 2 heterocycles. The summed E-state index contributed by atoms with van der Waals surface area (Å²) in [5.41, 5.74) is 0.698. The van der Waals surface area contributed by atoms with Gasteiger partial charge in [0, 0.05) is 0 Å². The van der Waals surface area contributed by atoms with Crippen molar-refractivity contribution >= 4 is 46.0 Å². The van der Waals surface area contributed by atoms with Crippen LogP contribution in [0.3, 0.4) is 0 Å². The predicted octanol–water partition coefficient (Wildman–Crippen LogP) is 2.69. The van der Waals surface area contributed by atoms with Crippen LogP contribution in [0.25, 0.3) is 11.2 Å². The highest BCUT2D eigenvalue weighted by atomic mass is 35.5. The van der Waals surface area contributed by atoms with Crippen molar-refractivity contribution in [3.63, 3.8) is 0 Å². The summed E-state index contributed by atoms with van der Waals surface area (Å²) in [6.07, 6.45) is 0. The lowest BCUT2D eigenvalue weighted by Crippen LogP contribution is -1.96. The van der Waals surface area contributed by atoms with Gasteiger partial charge in [-0.3, -0.25) is 0 Å². The molecule has 0 aromatic carbocycles. The molecule has 2 aromatic rings. The SMILES string of the molecule is Cc1nc(Cl)c2nc(Cl)c(Cl)nc2n1. The molecule has 72 valence electrons. The van der Waals surface area contributed by atoms with E-state index in [9.17, 15) is 0 Å². The molecule has 0 aliphatic carbocycles. The molecule has 2 aromatic heterocycles. The Labute approximate surface area is 94.3 Å². The van der Waals surface area contributed by atoms with Crippen LogP contribution in [0.5, 0.6) is 0 Å². The monoisotopic (exact) mass is 248 g/mol. The molecular formula is C7H3Cl3N4. The first kappa shape index (κ1) is 9.83. The minimum absolute atomic E-state index is 0.0912. The second-order valence-corrected chi connectivity index (χ2v) is 3.61. The zero-order chi connectivity index (χ0) is 10.3.